The molecular weight excluding hydrogens is 322 g/mol. The number of hydrogen-bond acceptors (Lipinski definition) is 7. The molecule has 0 fully saturated rings. The normalized spacial score (nSPS) is 12.9. The lowest BCUT2D eigenvalue weighted by atomic mass is 10.1. The molecule has 0 radical (unpaired) electrons. The quantitative estimate of drug-likeness (QED) is 0.784. The third kappa shape index (κ3) is 2.63. The number of ether oxygens (including phenoxy) is 4. The van der Waals surface area contributed by atoms with Gasteiger partial charge in [-0.15, -0.1) is 0 Å². The predicted octanol–water partition coefficient (Wildman–Crippen LogP) is 2.67. The summed E-state index contributed by atoms with van der Waals surface area (Å²) in [6.07, 6.45) is 0. The van der Waals surface area contributed by atoms with Crippen LogP contribution in [-0.2, 0) is 0 Å². The summed E-state index contributed by atoms with van der Waals surface area (Å²) in [4.78, 5) is 9.04. The number of hydrogen-bond donors (Lipinski definition) is 1. The van der Waals surface area contributed by atoms with E-state index in [-0.39, 0.29) is 0 Å². The first-order chi connectivity index (χ1) is 12.2. The zero-order valence-electron chi connectivity index (χ0n) is 13.9. The van der Waals surface area contributed by atoms with Crippen molar-refractivity contribution in [3.63, 3.8) is 0 Å². The van der Waals surface area contributed by atoms with Gasteiger partial charge in [-0.1, -0.05) is 0 Å². The molecule has 3 aromatic rings. The van der Waals surface area contributed by atoms with Gasteiger partial charge in [0.15, 0.2) is 28.8 Å². The van der Waals surface area contributed by atoms with Crippen molar-refractivity contribution in [1.82, 2.24) is 9.97 Å². The lowest BCUT2D eigenvalue weighted by Crippen LogP contribution is -2.15. The highest BCUT2D eigenvalue weighted by Crippen LogP contribution is 2.36. The maximum atomic E-state index is 6.14. The number of nitrogens with two attached hydrogens (primary N) is 1. The van der Waals surface area contributed by atoms with Gasteiger partial charge in [0.25, 0.3) is 0 Å². The van der Waals surface area contributed by atoms with Crippen LogP contribution >= 0.6 is 0 Å². The number of fused-ring (bicyclic) bond motifs is 2. The molecule has 1 aliphatic heterocycles. The van der Waals surface area contributed by atoms with Crippen molar-refractivity contribution >= 4 is 16.7 Å². The summed E-state index contributed by atoms with van der Waals surface area (Å²) in [7, 11) is 3.15. The fourth-order valence-corrected chi connectivity index (χ4v) is 2.79. The number of nitrogen functional groups attached to an aromatic ring is 1. The Bertz CT molecular complexity index is 959. The smallest absolute Gasteiger partial charge is 0.162 e. The molecule has 25 heavy (non-hydrogen) atoms. The first-order valence-electron chi connectivity index (χ1n) is 7.79. The highest BCUT2D eigenvalue weighted by Gasteiger charge is 2.16. The molecule has 2 N–H and O–H groups in total. The van der Waals surface area contributed by atoms with Gasteiger partial charge < -0.3 is 24.7 Å². The topological polar surface area (TPSA) is 88.7 Å². The number of rotatable bonds is 3. The van der Waals surface area contributed by atoms with Gasteiger partial charge >= 0.3 is 0 Å². The minimum absolute atomic E-state index is 0.371. The summed E-state index contributed by atoms with van der Waals surface area (Å²) >= 11 is 0. The molecule has 1 aliphatic rings. The second-order valence-electron chi connectivity index (χ2n) is 5.52. The van der Waals surface area contributed by atoms with Crippen LogP contribution in [-0.4, -0.2) is 37.4 Å². The van der Waals surface area contributed by atoms with Gasteiger partial charge in [0, 0.05) is 17.0 Å². The van der Waals surface area contributed by atoms with Gasteiger partial charge in [-0.05, 0) is 24.3 Å². The van der Waals surface area contributed by atoms with Crippen molar-refractivity contribution in [1.29, 1.82) is 0 Å². The number of anilines is 1. The molecule has 0 saturated heterocycles. The molecular formula is C18H17N3O4. The van der Waals surface area contributed by atoms with Crippen LogP contribution in [0, 0.1) is 0 Å². The van der Waals surface area contributed by atoms with Crippen LogP contribution in [0.2, 0.25) is 0 Å². The second kappa shape index (κ2) is 6.01. The molecule has 1 aromatic heterocycles. The zero-order chi connectivity index (χ0) is 17.4. The van der Waals surface area contributed by atoms with Gasteiger partial charge in [-0.25, -0.2) is 9.97 Å². The third-order valence-corrected chi connectivity index (χ3v) is 4.03. The van der Waals surface area contributed by atoms with Crippen LogP contribution in [0.1, 0.15) is 0 Å². The van der Waals surface area contributed by atoms with Crippen molar-refractivity contribution in [2.45, 2.75) is 0 Å². The van der Waals surface area contributed by atoms with E-state index in [1.807, 2.05) is 18.2 Å². The molecule has 0 spiro atoms. The summed E-state index contributed by atoms with van der Waals surface area (Å²) in [5, 5.41) is 0.707. The van der Waals surface area contributed by atoms with Gasteiger partial charge in [-0.2, -0.15) is 0 Å². The lowest BCUT2D eigenvalue weighted by molar-refractivity contribution is 0.171. The van der Waals surface area contributed by atoms with Gasteiger partial charge in [0.05, 0.1) is 19.7 Å². The molecule has 0 saturated carbocycles. The first-order valence-corrected chi connectivity index (χ1v) is 7.79. The van der Waals surface area contributed by atoms with Crippen molar-refractivity contribution in [2.75, 3.05) is 33.2 Å². The number of nitrogens with zero attached hydrogens (tertiary/aromatic N) is 2. The monoisotopic (exact) mass is 339 g/mol. The molecule has 7 nitrogen and oxygen atoms in total. The van der Waals surface area contributed by atoms with Crippen LogP contribution in [0.3, 0.4) is 0 Å². The van der Waals surface area contributed by atoms with Crippen LogP contribution in [0.15, 0.2) is 30.3 Å². The Balaban J connectivity index is 1.85. The van der Waals surface area contributed by atoms with E-state index in [1.54, 1.807) is 26.4 Å². The van der Waals surface area contributed by atoms with Crippen LogP contribution < -0.4 is 24.7 Å². The Morgan fingerprint density at radius 3 is 2.40 bits per heavy atom. The Morgan fingerprint density at radius 2 is 1.64 bits per heavy atom. The largest absolute Gasteiger partial charge is 0.493 e. The van der Waals surface area contributed by atoms with E-state index in [1.165, 1.54) is 0 Å². The number of benzene rings is 2. The number of aromatic nitrogens is 2. The van der Waals surface area contributed by atoms with E-state index < -0.39 is 0 Å². The third-order valence-electron chi connectivity index (χ3n) is 4.03. The Labute approximate surface area is 144 Å². The van der Waals surface area contributed by atoms with Crippen LogP contribution in [0.25, 0.3) is 22.3 Å². The van der Waals surface area contributed by atoms with Crippen molar-refractivity contribution in [2.24, 2.45) is 0 Å². The van der Waals surface area contributed by atoms with Crippen LogP contribution in [0.4, 0.5) is 5.82 Å². The second-order valence-corrected chi connectivity index (χ2v) is 5.52. The minimum atomic E-state index is 0.371. The van der Waals surface area contributed by atoms with Crippen molar-refractivity contribution < 1.29 is 18.9 Å². The van der Waals surface area contributed by atoms with E-state index >= 15 is 0 Å². The molecule has 128 valence electrons. The summed E-state index contributed by atoms with van der Waals surface area (Å²) in [6.45, 7) is 1.07. The van der Waals surface area contributed by atoms with Gasteiger partial charge in [0.1, 0.15) is 19.0 Å². The van der Waals surface area contributed by atoms with E-state index in [0.717, 1.165) is 11.3 Å². The molecule has 0 atom stereocenters. The summed E-state index contributed by atoms with van der Waals surface area (Å²) in [5.74, 6) is 3.44. The number of methoxy groups -OCH3 is 2. The Morgan fingerprint density at radius 1 is 0.920 bits per heavy atom. The predicted molar refractivity (Wildman–Crippen MR) is 93.5 cm³/mol. The average Bonchev–Trinajstić information content (AvgIpc) is 2.66. The fourth-order valence-electron chi connectivity index (χ4n) is 2.79. The van der Waals surface area contributed by atoms with E-state index in [2.05, 4.69) is 9.97 Å². The highest BCUT2D eigenvalue weighted by atomic mass is 16.6. The first kappa shape index (κ1) is 15.3. The molecule has 0 bridgehead atoms. The van der Waals surface area contributed by atoms with Gasteiger partial charge in [-0.3, -0.25) is 0 Å². The maximum Gasteiger partial charge on any atom is 0.162 e. The molecule has 2 heterocycles. The van der Waals surface area contributed by atoms with E-state index in [0.29, 0.717) is 53.0 Å². The summed E-state index contributed by atoms with van der Waals surface area (Å²) in [5.41, 5.74) is 7.62. The molecule has 0 unspecified atom stereocenters. The van der Waals surface area contributed by atoms with Crippen molar-refractivity contribution in [3.05, 3.63) is 30.3 Å². The maximum absolute atomic E-state index is 6.14. The summed E-state index contributed by atoms with van der Waals surface area (Å²) in [6, 6.07) is 9.15. The SMILES string of the molecule is COc1cc2nc(-c3ccc4c(c3)OCCO4)nc(N)c2cc1OC. The lowest BCUT2D eigenvalue weighted by Gasteiger charge is -2.18. The van der Waals surface area contributed by atoms with Crippen molar-refractivity contribution in [3.8, 4) is 34.4 Å². The molecule has 7 heteroatoms. The van der Waals surface area contributed by atoms with E-state index in [9.17, 15) is 0 Å². The molecule has 2 aromatic carbocycles. The van der Waals surface area contributed by atoms with Gasteiger partial charge in [0.2, 0.25) is 0 Å². The Hall–Kier alpha value is -3.22. The summed E-state index contributed by atoms with van der Waals surface area (Å²) < 4.78 is 21.8. The Kier molecular flexibility index (Phi) is 3.68. The molecule has 0 amide bonds. The van der Waals surface area contributed by atoms with Crippen LogP contribution in [0.5, 0.6) is 23.0 Å². The fraction of sp³-hybridized carbons (Fsp3) is 0.222. The minimum Gasteiger partial charge on any atom is -0.493 e. The molecule has 0 aliphatic carbocycles. The molecule has 4 rings (SSSR count). The standard InChI is InChI=1S/C18H17N3O4/c1-22-14-8-11-12(9-15(14)23-2)20-18(21-17(11)19)10-3-4-13-16(7-10)25-6-5-24-13/h3-4,7-9H,5-6H2,1-2H3,(H2,19,20,21). The highest BCUT2D eigenvalue weighted by molar-refractivity contribution is 5.92. The zero-order valence-corrected chi connectivity index (χ0v) is 13.9. The average molecular weight is 339 g/mol. The van der Waals surface area contributed by atoms with E-state index in [4.69, 9.17) is 24.7 Å².